The summed E-state index contributed by atoms with van der Waals surface area (Å²) in [6, 6.07) is 1.34. The first-order valence-corrected chi connectivity index (χ1v) is 8.63. The summed E-state index contributed by atoms with van der Waals surface area (Å²) in [5, 5.41) is 6.69. The molecule has 122 valence electrons. The zero-order valence-electron chi connectivity index (χ0n) is 14.1. The van der Waals surface area contributed by atoms with Crippen molar-refractivity contribution in [3.05, 3.63) is 0 Å². The van der Waals surface area contributed by atoms with E-state index < -0.39 is 5.60 Å². The minimum Gasteiger partial charge on any atom is -0.444 e. The lowest BCUT2D eigenvalue weighted by molar-refractivity contribution is 0.0521. The molecule has 1 amide bonds. The molecule has 4 unspecified atom stereocenters. The lowest BCUT2D eigenvalue weighted by Crippen LogP contribution is -2.39. The molecule has 4 nitrogen and oxygen atoms in total. The Morgan fingerprint density at radius 2 is 1.90 bits per heavy atom. The Labute approximate surface area is 129 Å². The van der Waals surface area contributed by atoms with Crippen LogP contribution in [0.25, 0.3) is 0 Å². The third-order valence-corrected chi connectivity index (χ3v) is 4.61. The van der Waals surface area contributed by atoms with E-state index in [2.05, 4.69) is 17.6 Å². The maximum atomic E-state index is 11.7. The Morgan fingerprint density at radius 3 is 2.57 bits per heavy atom. The molecule has 4 atom stereocenters. The molecule has 0 bridgehead atoms. The number of carbonyl (C=O) groups excluding carboxylic acids is 1. The van der Waals surface area contributed by atoms with Crippen LogP contribution >= 0.6 is 0 Å². The van der Waals surface area contributed by atoms with Gasteiger partial charge in [-0.2, -0.15) is 0 Å². The van der Waals surface area contributed by atoms with Crippen LogP contribution in [0.3, 0.4) is 0 Å². The van der Waals surface area contributed by atoms with E-state index in [1.54, 1.807) is 0 Å². The maximum absolute atomic E-state index is 11.7. The van der Waals surface area contributed by atoms with Gasteiger partial charge in [0.1, 0.15) is 5.60 Å². The minimum absolute atomic E-state index is 0.255. The van der Waals surface area contributed by atoms with Gasteiger partial charge in [-0.15, -0.1) is 0 Å². The molecule has 0 aromatic heterocycles. The summed E-state index contributed by atoms with van der Waals surface area (Å²) in [6.07, 6.45) is 8.72. The fourth-order valence-electron chi connectivity index (χ4n) is 3.25. The molecule has 2 saturated carbocycles. The number of hydrogen-bond acceptors (Lipinski definition) is 3. The molecule has 0 spiro atoms. The summed E-state index contributed by atoms with van der Waals surface area (Å²) in [5.41, 5.74) is -0.418. The predicted octanol–water partition coefficient (Wildman–Crippen LogP) is 3.60. The van der Waals surface area contributed by atoms with Crippen LogP contribution < -0.4 is 10.6 Å². The molecule has 2 aliphatic rings. The molecular weight excluding hydrogens is 264 g/mol. The standard InChI is InChI=1S/C17H32N2O2/c1-5-12-7-6-8-13(10-9-12)18-14-11-15(14)19-16(20)21-17(2,3)4/h12-15,18H,5-11H2,1-4H3,(H,19,20). The Balaban J connectivity index is 1.66. The average molecular weight is 296 g/mol. The number of alkyl carbamates (subject to hydrolysis) is 1. The third-order valence-electron chi connectivity index (χ3n) is 4.61. The highest BCUT2D eigenvalue weighted by atomic mass is 16.6. The van der Waals surface area contributed by atoms with Crippen LogP contribution in [-0.2, 0) is 4.74 Å². The Hall–Kier alpha value is -0.770. The quantitative estimate of drug-likeness (QED) is 0.779. The summed E-state index contributed by atoms with van der Waals surface area (Å²) in [7, 11) is 0. The van der Waals surface area contributed by atoms with Crippen LogP contribution in [0.2, 0.25) is 0 Å². The summed E-state index contributed by atoms with van der Waals surface area (Å²) >= 11 is 0. The van der Waals surface area contributed by atoms with Crippen LogP contribution in [-0.4, -0.2) is 29.8 Å². The summed E-state index contributed by atoms with van der Waals surface area (Å²) < 4.78 is 5.30. The van der Waals surface area contributed by atoms with E-state index >= 15 is 0 Å². The molecule has 2 aliphatic carbocycles. The molecule has 0 heterocycles. The topological polar surface area (TPSA) is 50.4 Å². The zero-order valence-corrected chi connectivity index (χ0v) is 14.1. The molecule has 21 heavy (non-hydrogen) atoms. The number of ether oxygens (including phenoxy) is 1. The average Bonchev–Trinajstić information content (AvgIpc) is 3.11. The number of amides is 1. The third kappa shape index (κ3) is 5.85. The highest BCUT2D eigenvalue weighted by Gasteiger charge is 2.40. The van der Waals surface area contributed by atoms with Gasteiger partial charge >= 0.3 is 6.09 Å². The molecule has 2 fully saturated rings. The fraction of sp³-hybridized carbons (Fsp3) is 0.941. The molecule has 0 saturated heterocycles. The van der Waals surface area contributed by atoms with Gasteiger partial charge in [-0.25, -0.2) is 4.79 Å². The smallest absolute Gasteiger partial charge is 0.407 e. The molecule has 0 aromatic carbocycles. The molecule has 0 aliphatic heterocycles. The maximum Gasteiger partial charge on any atom is 0.407 e. The summed E-state index contributed by atoms with van der Waals surface area (Å²) in [4.78, 5) is 11.7. The molecule has 0 aromatic rings. The van der Waals surface area contributed by atoms with E-state index in [-0.39, 0.29) is 12.1 Å². The summed E-state index contributed by atoms with van der Waals surface area (Å²) in [6.45, 7) is 7.99. The van der Waals surface area contributed by atoms with Crippen molar-refractivity contribution in [1.29, 1.82) is 0 Å². The zero-order chi connectivity index (χ0) is 15.5. The second kappa shape index (κ2) is 6.99. The second-order valence-electron chi connectivity index (χ2n) is 7.74. The van der Waals surface area contributed by atoms with Gasteiger partial charge in [0.15, 0.2) is 0 Å². The summed E-state index contributed by atoms with van der Waals surface area (Å²) in [5.74, 6) is 0.923. The van der Waals surface area contributed by atoms with Crippen molar-refractivity contribution in [2.75, 3.05) is 0 Å². The van der Waals surface area contributed by atoms with Gasteiger partial charge < -0.3 is 15.4 Å². The Morgan fingerprint density at radius 1 is 1.14 bits per heavy atom. The van der Waals surface area contributed by atoms with Crippen molar-refractivity contribution in [2.24, 2.45) is 5.92 Å². The fourth-order valence-corrected chi connectivity index (χ4v) is 3.25. The molecule has 2 N–H and O–H groups in total. The predicted molar refractivity (Wildman–Crippen MR) is 85.4 cm³/mol. The van der Waals surface area contributed by atoms with Crippen molar-refractivity contribution in [3.63, 3.8) is 0 Å². The number of nitrogens with one attached hydrogen (secondary N) is 2. The molecule has 4 heteroatoms. The van der Waals surface area contributed by atoms with Crippen LogP contribution in [0.15, 0.2) is 0 Å². The minimum atomic E-state index is -0.418. The van der Waals surface area contributed by atoms with Crippen molar-refractivity contribution >= 4 is 6.09 Å². The molecular formula is C17H32N2O2. The normalized spacial score (nSPS) is 33.1. The van der Waals surface area contributed by atoms with Crippen LogP contribution in [0, 0.1) is 5.92 Å². The number of hydrogen-bond donors (Lipinski definition) is 2. The van der Waals surface area contributed by atoms with E-state index in [0.29, 0.717) is 12.1 Å². The first kappa shape index (κ1) is 16.6. The lowest BCUT2D eigenvalue weighted by Gasteiger charge is -2.20. The van der Waals surface area contributed by atoms with E-state index in [1.165, 1.54) is 38.5 Å². The van der Waals surface area contributed by atoms with E-state index in [1.807, 2.05) is 20.8 Å². The first-order valence-electron chi connectivity index (χ1n) is 8.63. The van der Waals surface area contributed by atoms with Gasteiger partial charge in [0.2, 0.25) is 0 Å². The van der Waals surface area contributed by atoms with E-state index in [0.717, 1.165) is 12.3 Å². The van der Waals surface area contributed by atoms with Gasteiger partial charge in [0.05, 0.1) is 0 Å². The van der Waals surface area contributed by atoms with Crippen LogP contribution in [0.5, 0.6) is 0 Å². The Bertz CT molecular complexity index is 351. The second-order valence-corrected chi connectivity index (χ2v) is 7.74. The SMILES string of the molecule is CCC1CCCC(NC2CC2NC(=O)OC(C)(C)C)CC1. The molecule has 2 rings (SSSR count). The van der Waals surface area contributed by atoms with Gasteiger partial charge in [0, 0.05) is 18.1 Å². The largest absolute Gasteiger partial charge is 0.444 e. The van der Waals surface area contributed by atoms with Gasteiger partial charge in [-0.05, 0) is 52.4 Å². The van der Waals surface area contributed by atoms with Gasteiger partial charge in [-0.3, -0.25) is 0 Å². The highest BCUT2D eigenvalue weighted by Crippen LogP contribution is 2.29. The highest BCUT2D eigenvalue weighted by molar-refractivity contribution is 5.68. The monoisotopic (exact) mass is 296 g/mol. The van der Waals surface area contributed by atoms with Crippen molar-refractivity contribution < 1.29 is 9.53 Å². The van der Waals surface area contributed by atoms with Crippen LogP contribution in [0.1, 0.15) is 72.6 Å². The lowest BCUT2D eigenvalue weighted by atomic mass is 9.98. The Kier molecular flexibility index (Phi) is 5.53. The van der Waals surface area contributed by atoms with Gasteiger partial charge in [-0.1, -0.05) is 26.2 Å². The van der Waals surface area contributed by atoms with Gasteiger partial charge in [0.25, 0.3) is 0 Å². The molecule has 0 radical (unpaired) electrons. The van der Waals surface area contributed by atoms with E-state index in [9.17, 15) is 4.79 Å². The number of carbonyl (C=O) groups is 1. The van der Waals surface area contributed by atoms with Crippen molar-refractivity contribution in [1.82, 2.24) is 10.6 Å². The van der Waals surface area contributed by atoms with Crippen molar-refractivity contribution in [3.8, 4) is 0 Å². The number of rotatable bonds is 4. The van der Waals surface area contributed by atoms with Crippen LogP contribution in [0.4, 0.5) is 4.79 Å². The van der Waals surface area contributed by atoms with E-state index in [4.69, 9.17) is 4.74 Å². The first-order chi connectivity index (χ1) is 9.87. The van der Waals surface area contributed by atoms with Crippen molar-refractivity contribution in [2.45, 2.75) is 96.4 Å².